The number of carbonyl (C=O) groups excluding carboxylic acids is 2. The van der Waals surface area contributed by atoms with Gasteiger partial charge in [0.2, 0.25) is 5.91 Å². The fourth-order valence-corrected chi connectivity index (χ4v) is 2.07. The Labute approximate surface area is 111 Å². The Morgan fingerprint density at radius 2 is 2.11 bits per heavy atom. The Hall–Kier alpha value is -1.55. The molecule has 1 aromatic rings. The molecule has 2 N–H and O–H groups in total. The number of nitrogens with one attached hydrogen (secondary N) is 2. The van der Waals surface area contributed by atoms with Crippen LogP contribution in [0.4, 0.5) is 0 Å². The number of hydrogen-bond donors (Lipinski definition) is 2. The van der Waals surface area contributed by atoms with Gasteiger partial charge in [-0.2, -0.15) is 0 Å². The van der Waals surface area contributed by atoms with Gasteiger partial charge in [-0.1, -0.05) is 12.1 Å². The molecular formula is C13H15ClN2O2. The van der Waals surface area contributed by atoms with Gasteiger partial charge in [-0.15, -0.1) is 11.6 Å². The highest BCUT2D eigenvalue weighted by Crippen LogP contribution is 2.08. The van der Waals surface area contributed by atoms with Crippen LogP contribution in [0.1, 0.15) is 28.8 Å². The first-order valence-corrected chi connectivity index (χ1v) is 6.47. The molecule has 1 atom stereocenters. The van der Waals surface area contributed by atoms with Crippen LogP contribution in [0, 0.1) is 0 Å². The molecule has 5 heteroatoms. The number of benzene rings is 1. The van der Waals surface area contributed by atoms with Crippen molar-refractivity contribution in [2.45, 2.75) is 24.8 Å². The van der Waals surface area contributed by atoms with Gasteiger partial charge in [-0.25, -0.2) is 0 Å². The van der Waals surface area contributed by atoms with E-state index in [4.69, 9.17) is 11.6 Å². The maximum absolute atomic E-state index is 11.9. The fourth-order valence-electron chi connectivity index (χ4n) is 1.90. The number of amides is 2. The van der Waals surface area contributed by atoms with Crippen LogP contribution < -0.4 is 10.6 Å². The zero-order valence-electron chi connectivity index (χ0n) is 9.91. The Bertz CT molecular complexity index is 445. The number of alkyl halides is 1. The average molecular weight is 267 g/mol. The molecular weight excluding hydrogens is 252 g/mol. The third-order valence-electron chi connectivity index (χ3n) is 2.96. The van der Waals surface area contributed by atoms with E-state index < -0.39 is 6.04 Å². The van der Waals surface area contributed by atoms with Crippen molar-refractivity contribution in [3.05, 3.63) is 35.4 Å². The van der Waals surface area contributed by atoms with Crippen LogP contribution in [-0.2, 0) is 10.7 Å². The van der Waals surface area contributed by atoms with E-state index >= 15 is 0 Å². The van der Waals surface area contributed by atoms with Crippen molar-refractivity contribution in [2.75, 3.05) is 6.54 Å². The first-order valence-electron chi connectivity index (χ1n) is 5.94. The van der Waals surface area contributed by atoms with E-state index in [0.29, 0.717) is 24.4 Å². The molecule has 1 fully saturated rings. The lowest BCUT2D eigenvalue weighted by Gasteiger charge is -2.22. The van der Waals surface area contributed by atoms with Crippen LogP contribution in [0.3, 0.4) is 0 Å². The van der Waals surface area contributed by atoms with Crippen molar-refractivity contribution in [2.24, 2.45) is 0 Å². The minimum Gasteiger partial charge on any atom is -0.354 e. The highest BCUT2D eigenvalue weighted by molar-refractivity contribution is 6.17. The van der Waals surface area contributed by atoms with E-state index in [9.17, 15) is 9.59 Å². The van der Waals surface area contributed by atoms with E-state index in [-0.39, 0.29) is 11.8 Å². The number of hydrogen-bond acceptors (Lipinski definition) is 2. The van der Waals surface area contributed by atoms with Gasteiger partial charge in [0.15, 0.2) is 0 Å². The second-order valence-electron chi connectivity index (χ2n) is 4.29. The van der Waals surface area contributed by atoms with Crippen LogP contribution in [0.15, 0.2) is 24.3 Å². The maximum atomic E-state index is 11.9. The van der Waals surface area contributed by atoms with Gasteiger partial charge in [0.25, 0.3) is 5.91 Å². The first-order chi connectivity index (χ1) is 8.70. The summed E-state index contributed by atoms with van der Waals surface area (Å²) in [6.07, 6.45) is 1.58. The van der Waals surface area contributed by atoms with Gasteiger partial charge in [-0.3, -0.25) is 9.59 Å². The molecule has 1 heterocycles. The second kappa shape index (κ2) is 5.87. The van der Waals surface area contributed by atoms with Crippen molar-refractivity contribution in [3.63, 3.8) is 0 Å². The first kappa shape index (κ1) is 12.9. The largest absolute Gasteiger partial charge is 0.354 e. The predicted molar refractivity (Wildman–Crippen MR) is 69.5 cm³/mol. The average Bonchev–Trinajstić information content (AvgIpc) is 2.41. The van der Waals surface area contributed by atoms with Crippen LogP contribution >= 0.6 is 11.6 Å². The lowest BCUT2D eigenvalue weighted by molar-refractivity contribution is -0.124. The van der Waals surface area contributed by atoms with Crippen molar-refractivity contribution in [1.29, 1.82) is 0 Å². The fraction of sp³-hybridized carbons (Fsp3) is 0.385. The molecule has 0 aliphatic carbocycles. The molecule has 0 saturated carbocycles. The number of rotatable bonds is 3. The smallest absolute Gasteiger partial charge is 0.251 e. The number of carbonyl (C=O) groups is 2. The second-order valence-corrected chi connectivity index (χ2v) is 4.56. The van der Waals surface area contributed by atoms with E-state index in [0.717, 1.165) is 12.0 Å². The van der Waals surface area contributed by atoms with Crippen LogP contribution in [0.25, 0.3) is 0 Å². The number of halogens is 1. The highest BCUT2D eigenvalue weighted by atomic mass is 35.5. The molecule has 1 saturated heterocycles. The topological polar surface area (TPSA) is 58.2 Å². The molecule has 4 nitrogen and oxygen atoms in total. The SMILES string of the molecule is O=C(NC1CCCNC1=O)c1ccc(CCl)cc1. The van der Waals surface area contributed by atoms with E-state index in [1.54, 1.807) is 12.1 Å². The summed E-state index contributed by atoms with van der Waals surface area (Å²) in [5, 5.41) is 5.47. The summed E-state index contributed by atoms with van der Waals surface area (Å²) in [4.78, 5) is 23.5. The van der Waals surface area contributed by atoms with Crippen LogP contribution in [0.5, 0.6) is 0 Å². The molecule has 96 valence electrons. The summed E-state index contributed by atoms with van der Waals surface area (Å²) in [5.74, 6) is 0.0950. The molecule has 18 heavy (non-hydrogen) atoms. The van der Waals surface area contributed by atoms with Crippen LogP contribution in [-0.4, -0.2) is 24.4 Å². The van der Waals surface area contributed by atoms with E-state index in [2.05, 4.69) is 10.6 Å². The van der Waals surface area contributed by atoms with Gasteiger partial charge in [0.05, 0.1) is 0 Å². The molecule has 1 unspecified atom stereocenters. The van der Waals surface area contributed by atoms with E-state index in [1.165, 1.54) is 0 Å². The monoisotopic (exact) mass is 266 g/mol. The molecule has 0 radical (unpaired) electrons. The van der Waals surface area contributed by atoms with Gasteiger partial charge in [-0.05, 0) is 30.5 Å². The summed E-state index contributed by atoms with van der Waals surface area (Å²) in [7, 11) is 0. The molecule has 0 spiro atoms. The Kier molecular flexibility index (Phi) is 4.20. The summed E-state index contributed by atoms with van der Waals surface area (Å²) >= 11 is 5.68. The summed E-state index contributed by atoms with van der Waals surface area (Å²) in [6.45, 7) is 0.690. The Morgan fingerprint density at radius 1 is 1.39 bits per heavy atom. The van der Waals surface area contributed by atoms with Gasteiger partial charge in [0, 0.05) is 18.0 Å². The Balaban J connectivity index is 2.00. The molecule has 2 rings (SSSR count). The third-order valence-corrected chi connectivity index (χ3v) is 3.27. The van der Waals surface area contributed by atoms with Gasteiger partial charge in [0.1, 0.15) is 6.04 Å². The molecule has 2 amide bonds. The normalized spacial score (nSPS) is 19.2. The summed E-state index contributed by atoms with van der Waals surface area (Å²) in [5.41, 5.74) is 1.51. The van der Waals surface area contributed by atoms with E-state index in [1.807, 2.05) is 12.1 Å². The van der Waals surface area contributed by atoms with Gasteiger partial charge >= 0.3 is 0 Å². The minimum atomic E-state index is -0.418. The highest BCUT2D eigenvalue weighted by Gasteiger charge is 2.23. The van der Waals surface area contributed by atoms with Gasteiger partial charge < -0.3 is 10.6 Å². The van der Waals surface area contributed by atoms with Crippen molar-refractivity contribution in [3.8, 4) is 0 Å². The summed E-state index contributed by atoms with van der Waals surface area (Å²) in [6, 6.07) is 6.63. The lowest BCUT2D eigenvalue weighted by Crippen LogP contribution is -2.50. The standard InChI is InChI=1S/C13H15ClN2O2/c14-8-9-3-5-10(6-4-9)12(17)16-11-2-1-7-15-13(11)18/h3-6,11H,1-2,7-8H2,(H,15,18)(H,16,17). The zero-order valence-corrected chi connectivity index (χ0v) is 10.7. The van der Waals surface area contributed by atoms with Crippen LogP contribution in [0.2, 0.25) is 0 Å². The Morgan fingerprint density at radius 3 is 2.72 bits per heavy atom. The third kappa shape index (κ3) is 3.01. The molecule has 0 bridgehead atoms. The zero-order chi connectivity index (χ0) is 13.0. The summed E-state index contributed by atoms with van der Waals surface area (Å²) < 4.78 is 0. The molecule has 1 aliphatic heterocycles. The quantitative estimate of drug-likeness (QED) is 0.814. The molecule has 1 aromatic carbocycles. The lowest BCUT2D eigenvalue weighted by atomic mass is 10.1. The maximum Gasteiger partial charge on any atom is 0.251 e. The molecule has 0 aromatic heterocycles. The number of piperidine rings is 1. The van der Waals surface area contributed by atoms with Crippen molar-refractivity contribution < 1.29 is 9.59 Å². The predicted octanol–water partition coefficient (Wildman–Crippen LogP) is 1.43. The van der Waals surface area contributed by atoms with Crippen molar-refractivity contribution in [1.82, 2.24) is 10.6 Å². The molecule has 1 aliphatic rings. The van der Waals surface area contributed by atoms with Crippen molar-refractivity contribution >= 4 is 23.4 Å². The minimum absolute atomic E-state index is 0.105.